The summed E-state index contributed by atoms with van der Waals surface area (Å²) in [6, 6.07) is 4.31. The molecule has 2 unspecified atom stereocenters. The Kier molecular flexibility index (Phi) is 8.77. The van der Waals surface area contributed by atoms with Crippen LogP contribution >= 0.6 is 0 Å². The summed E-state index contributed by atoms with van der Waals surface area (Å²) in [5, 5.41) is 0. The largest absolute Gasteiger partial charge is 0.416 e. The van der Waals surface area contributed by atoms with Crippen molar-refractivity contribution in [2.45, 2.75) is 30.7 Å². The lowest BCUT2D eigenvalue weighted by molar-refractivity contribution is -0.143. The van der Waals surface area contributed by atoms with Crippen molar-refractivity contribution >= 4 is 27.5 Å². The van der Waals surface area contributed by atoms with E-state index in [1.54, 1.807) is 0 Å². The summed E-state index contributed by atoms with van der Waals surface area (Å²) in [6.45, 7) is -0.0341. The predicted octanol–water partition coefficient (Wildman–Crippen LogP) is 4.78. The average molecular weight is 598 g/mol. The molecule has 1 saturated heterocycles. The maximum absolute atomic E-state index is 13.6. The van der Waals surface area contributed by atoms with Gasteiger partial charge < -0.3 is 9.80 Å². The van der Waals surface area contributed by atoms with Gasteiger partial charge in [-0.05, 0) is 42.3 Å². The molecule has 2 atom stereocenters. The molecule has 2 aromatic carbocycles. The Labute approximate surface area is 226 Å². The number of carbonyl (C=O) groups excluding carboxylic acids is 2. The zero-order valence-corrected chi connectivity index (χ0v) is 22.4. The first kappa shape index (κ1) is 31.2. The fraction of sp³-hybridized carbons (Fsp3) is 0.440. The molecule has 220 valence electrons. The number of likely N-dealkylation sites (N-methyl/N-ethyl adjacent to an activating group) is 1. The number of urea groups is 1. The van der Waals surface area contributed by atoms with Crippen LogP contribution in [0.2, 0.25) is 0 Å². The van der Waals surface area contributed by atoms with E-state index in [0.29, 0.717) is 22.6 Å². The van der Waals surface area contributed by atoms with Gasteiger partial charge in [-0.1, -0.05) is 12.1 Å². The molecular formula is C25H26F7N3O4S. The number of anilines is 1. The number of hydrogen-bond acceptors (Lipinski definition) is 4. The number of halogens is 7. The van der Waals surface area contributed by atoms with E-state index < -0.39 is 74.5 Å². The van der Waals surface area contributed by atoms with Gasteiger partial charge in [0.05, 0.1) is 11.1 Å². The monoisotopic (exact) mass is 597 g/mol. The van der Waals surface area contributed by atoms with Crippen LogP contribution in [0.15, 0.2) is 42.5 Å². The first-order valence-corrected chi connectivity index (χ1v) is 13.8. The summed E-state index contributed by atoms with van der Waals surface area (Å²) >= 11 is 0. The minimum Gasteiger partial charge on any atom is -0.341 e. The van der Waals surface area contributed by atoms with Crippen LogP contribution in [0.3, 0.4) is 0 Å². The first-order valence-electron chi connectivity index (χ1n) is 11.8. The van der Waals surface area contributed by atoms with E-state index in [1.165, 1.54) is 24.1 Å². The van der Waals surface area contributed by atoms with Crippen molar-refractivity contribution in [3.05, 3.63) is 65.0 Å². The highest BCUT2D eigenvalue weighted by Gasteiger charge is 2.40. The van der Waals surface area contributed by atoms with E-state index in [2.05, 4.69) is 0 Å². The van der Waals surface area contributed by atoms with Crippen molar-refractivity contribution in [3.8, 4) is 0 Å². The minimum atomic E-state index is -5.11. The van der Waals surface area contributed by atoms with Crippen molar-refractivity contribution in [1.82, 2.24) is 9.80 Å². The van der Waals surface area contributed by atoms with Gasteiger partial charge in [0.25, 0.3) is 0 Å². The Morgan fingerprint density at radius 2 is 1.48 bits per heavy atom. The first-order chi connectivity index (χ1) is 18.3. The number of carbonyl (C=O) groups is 2. The number of benzene rings is 2. The van der Waals surface area contributed by atoms with Crippen LogP contribution in [-0.4, -0.2) is 75.4 Å². The Bertz CT molecular complexity index is 1330. The second kappa shape index (κ2) is 11.3. The standard InChI is InChI=1S/C25H26F7N3O4S/c1-33(19-11-16(24(27,28)29)10-17(12-19)25(30,31)32)23(37)34(2)21-8-9-35(22(36)14-40(3,38)39)13-20(21)15-4-6-18(26)7-5-15/h4-7,10-12,20-21H,8-9,13-14H2,1-3H3. The van der Waals surface area contributed by atoms with Crippen molar-refractivity contribution in [1.29, 1.82) is 0 Å². The smallest absolute Gasteiger partial charge is 0.341 e. The van der Waals surface area contributed by atoms with Crippen LogP contribution in [-0.2, 0) is 27.0 Å². The number of amides is 3. The lowest BCUT2D eigenvalue weighted by Crippen LogP contribution is -2.54. The Morgan fingerprint density at radius 1 is 0.950 bits per heavy atom. The number of rotatable bonds is 5. The number of alkyl halides is 6. The zero-order chi connectivity index (χ0) is 30.2. The van der Waals surface area contributed by atoms with Crippen LogP contribution < -0.4 is 4.90 Å². The molecule has 1 aliphatic rings. The molecule has 0 radical (unpaired) electrons. The van der Waals surface area contributed by atoms with Gasteiger partial charge in [0, 0.05) is 51.1 Å². The third-order valence-electron chi connectivity index (χ3n) is 6.66. The molecule has 15 heteroatoms. The molecule has 40 heavy (non-hydrogen) atoms. The Hall–Kier alpha value is -3.36. The summed E-state index contributed by atoms with van der Waals surface area (Å²) in [4.78, 5) is 29.0. The minimum absolute atomic E-state index is 0.0276. The van der Waals surface area contributed by atoms with E-state index in [0.717, 1.165) is 30.3 Å². The highest BCUT2D eigenvalue weighted by Crippen LogP contribution is 2.39. The maximum atomic E-state index is 13.6. The molecule has 2 aromatic rings. The van der Waals surface area contributed by atoms with Gasteiger partial charge in [-0.3, -0.25) is 9.69 Å². The Balaban J connectivity index is 1.95. The number of sulfone groups is 1. The van der Waals surface area contributed by atoms with E-state index in [-0.39, 0.29) is 25.6 Å². The second-order valence-corrected chi connectivity index (χ2v) is 11.8. The van der Waals surface area contributed by atoms with E-state index >= 15 is 0 Å². The molecule has 0 N–H and O–H groups in total. The van der Waals surface area contributed by atoms with Crippen molar-refractivity contribution in [3.63, 3.8) is 0 Å². The van der Waals surface area contributed by atoms with Gasteiger partial charge in [0.1, 0.15) is 11.6 Å². The molecule has 1 aliphatic heterocycles. The van der Waals surface area contributed by atoms with E-state index in [1.807, 2.05) is 0 Å². The topological polar surface area (TPSA) is 78.0 Å². The van der Waals surface area contributed by atoms with Gasteiger partial charge in [0.2, 0.25) is 5.91 Å². The van der Waals surface area contributed by atoms with Crippen LogP contribution in [0, 0.1) is 5.82 Å². The van der Waals surface area contributed by atoms with Crippen molar-refractivity contribution in [2.24, 2.45) is 0 Å². The lowest BCUT2D eigenvalue weighted by atomic mass is 9.85. The van der Waals surface area contributed by atoms with Gasteiger partial charge in [-0.15, -0.1) is 0 Å². The summed E-state index contributed by atoms with van der Waals surface area (Å²) in [5.74, 6) is -2.66. The predicted molar refractivity (Wildman–Crippen MR) is 132 cm³/mol. The van der Waals surface area contributed by atoms with Crippen LogP contribution in [0.4, 0.5) is 41.2 Å². The van der Waals surface area contributed by atoms with Gasteiger partial charge in [-0.2, -0.15) is 26.3 Å². The highest BCUT2D eigenvalue weighted by molar-refractivity contribution is 7.91. The normalized spacial score (nSPS) is 18.4. The number of nitrogens with zero attached hydrogens (tertiary/aromatic N) is 3. The molecule has 0 saturated carbocycles. The summed E-state index contributed by atoms with van der Waals surface area (Å²) < 4.78 is 117. The molecule has 3 amide bonds. The molecule has 1 fully saturated rings. The quantitative estimate of drug-likeness (QED) is 0.465. The summed E-state index contributed by atoms with van der Waals surface area (Å²) in [7, 11) is -1.30. The number of likely N-dealkylation sites (tertiary alicyclic amines) is 1. The van der Waals surface area contributed by atoms with Gasteiger partial charge >= 0.3 is 18.4 Å². The summed E-state index contributed by atoms with van der Waals surface area (Å²) in [5.41, 5.74) is -3.31. The molecule has 0 spiro atoms. The third-order valence-corrected chi connectivity index (χ3v) is 7.43. The zero-order valence-electron chi connectivity index (χ0n) is 21.6. The molecule has 3 rings (SSSR count). The average Bonchev–Trinajstić information content (AvgIpc) is 2.85. The maximum Gasteiger partial charge on any atom is 0.416 e. The lowest BCUT2D eigenvalue weighted by Gasteiger charge is -2.43. The second-order valence-electron chi connectivity index (χ2n) is 9.64. The van der Waals surface area contributed by atoms with Crippen LogP contribution in [0.5, 0.6) is 0 Å². The third kappa shape index (κ3) is 7.43. The molecule has 1 heterocycles. The Morgan fingerprint density at radius 3 is 1.95 bits per heavy atom. The molecule has 0 bridgehead atoms. The van der Waals surface area contributed by atoms with E-state index in [9.17, 15) is 48.7 Å². The molecule has 0 aliphatic carbocycles. The molecule has 0 aromatic heterocycles. The van der Waals surface area contributed by atoms with E-state index in [4.69, 9.17) is 0 Å². The fourth-order valence-electron chi connectivity index (χ4n) is 4.60. The SMILES string of the molecule is CN(C(=O)N(C)C1CCN(C(=O)CS(C)(=O)=O)CC1c1ccc(F)cc1)c1cc(C(F)(F)F)cc(C(F)(F)F)c1. The number of piperidine rings is 1. The van der Waals surface area contributed by atoms with Crippen molar-refractivity contribution < 1.29 is 48.7 Å². The number of hydrogen-bond donors (Lipinski definition) is 0. The van der Waals surface area contributed by atoms with Gasteiger partial charge in [0.15, 0.2) is 9.84 Å². The molecule has 7 nitrogen and oxygen atoms in total. The fourth-order valence-corrected chi connectivity index (χ4v) is 5.24. The van der Waals surface area contributed by atoms with Crippen LogP contribution in [0.1, 0.15) is 29.0 Å². The van der Waals surface area contributed by atoms with Crippen molar-refractivity contribution in [2.75, 3.05) is 44.1 Å². The van der Waals surface area contributed by atoms with Crippen LogP contribution in [0.25, 0.3) is 0 Å². The highest BCUT2D eigenvalue weighted by atomic mass is 32.2. The summed E-state index contributed by atoms with van der Waals surface area (Å²) in [6.07, 6.45) is -9.21. The van der Waals surface area contributed by atoms with Gasteiger partial charge in [-0.25, -0.2) is 17.6 Å². The molecular weight excluding hydrogens is 571 g/mol.